The number of aromatic nitrogens is 1. The first-order valence-corrected chi connectivity index (χ1v) is 8.04. The van der Waals surface area contributed by atoms with Crippen LogP contribution in [-0.2, 0) is 0 Å². The minimum Gasteiger partial charge on any atom is -0.358 e. The predicted octanol–water partition coefficient (Wildman–Crippen LogP) is 3.40. The Labute approximate surface area is 133 Å². The summed E-state index contributed by atoms with van der Waals surface area (Å²) in [6.07, 6.45) is 4.43. The average Bonchev–Trinajstić information content (AvgIpc) is 2.37. The molecule has 1 aromatic heterocycles. The van der Waals surface area contributed by atoms with E-state index in [1.54, 1.807) is 0 Å². The van der Waals surface area contributed by atoms with Gasteiger partial charge in [0.25, 0.3) is 0 Å². The molecule has 116 valence electrons. The van der Waals surface area contributed by atoms with Gasteiger partial charge in [-0.2, -0.15) is 0 Å². The molecule has 0 radical (unpaired) electrons. The van der Waals surface area contributed by atoms with Crippen LogP contribution in [0.1, 0.15) is 40.5 Å². The topological polar surface area (TPSA) is 40.2 Å². The molecule has 5 heteroatoms. The van der Waals surface area contributed by atoms with Gasteiger partial charge in [-0.25, -0.2) is 4.98 Å². The molecule has 21 heavy (non-hydrogen) atoms. The molecule has 4 nitrogen and oxygen atoms in total. The molecule has 2 rings (SSSR count). The molecule has 2 heterocycles. The van der Waals surface area contributed by atoms with Crippen molar-refractivity contribution < 1.29 is 0 Å². The summed E-state index contributed by atoms with van der Waals surface area (Å²) in [4.78, 5) is 6.93. The molecule has 1 aliphatic rings. The molecule has 2 N–H and O–H groups in total. The predicted molar refractivity (Wildman–Crippen MR) is 94.0 cm³/mol. The van der Waals surface area contributed by atoms with Crippen molar-refractivity contribution in [2.24, 2.45) is 5.92 Å². The lowest BCUT2D eigenvalue weighted by Gasteiger charge is -2.31. The number of hydrogen-bond acceptors (Lipinski definition) is 3. The fourth-order valence-corrected chi connectivity index (χ4v) is 2.97. The number of thiocarbonyl (C=S) groups is 1. The molecule has 1 aliphatic heterocycles. The van der Waals surface area contributed by atoms with Crippen molar-refractivity contribution in [1.82, 2.24) is 10.3 Å². The molecule has 0 aliphatic carbocycles. The first kappa shape index (κ1) is 16.0. The van der Waals surface area contributed by atoms with Crippen molar-refractivity contribution in [3.63, 3.8) is 0 Å². The van der Waals surface area contributed by atoms with Gasteiger partial charge in [-0.05, 0) is 63.9 Å². The van der Waals surface area contributed by atoms with Crippen molar-refractivity contribution >= 4 is 28.8 Å². The van der Waals surface area contributed by atoms with E-state index >= 15 is 0 Å². The maximum absolute atomic E-state index is 5.30. The van der Waals surface area contributed by atoms with Crippen molar-refractivity contribution in [2.75, 3.05) is 23.3 Å². The van der Waals surface area contributed by atoms with Gasteiger partial charge in [0.2, 0.25) is 0 Å². The number of piperidine rings is 1. The van der Waals surface area contributed by atoms with Crippen molar-refractivity contribution in [2.45, 2.75) is 46.1 Å². The highest BCUT2D eigenvalue weighted by molar-refractivity contribution is 7.80. The summed E-state index contributed by atoms with van der Waals surface area (Å²) in [5, 5.41) is 7.04. The summed E-state index contributed by atoms with van der Waals surface area (Å²) in [5.41, 5.74) is 0.882. The average molecular weight is 306 g/mol. The lowest BCUT2D eigenvalue weighted by Crippen LogP contribution is -2.42. The molecule has 0 spiro atoms. The van der Waals surface area contributed by atoms with Crippen LogP contribution in [0.5, 0.6) is 0 Å². The molecule has 1 saturated heterocycles. The van der Waals surface area contributed by atoms with Gasteiger partial charge in [0.15, 0.2) is 5.11 Å². The Kier molecular flexibility index (Phi) is 5.04. The van der Waals surface area contributed by atoms with Crippen LogP contribution in [0.25, 0.3) is 0 Å². The molecule has 0 amide bonds. The van der Waals surface area contributed by atoms with Crippen molar-refractivity contribution in [3.8, 4) is 0 Å². The normalized spacial score (nSPS) is 19.2. The second kappa shape index (κ2) is 6.60. The van der Waals surface area contributed by atoms with Gasteiger partial charge in [-0.1, -0.05) is 6.92 Å². The summed E-state index contributed by atoms with van der Waals surface area (Å²) < 4.78 is 0. The van der Waals surface area contributed by atoms with E-state index in [1.165, 1.54) is 12.8 Å². The zero-order chi connectivity index (χ0) is 15.5. The van der Waals surface area contributed by atoms with Gasteiger partial charge in [-0.3, -0.25) is 0 Å². The van der Waals surface area contributed by atoms with Crippen LogP contribution in [-0.4, -0.2) is 28.7 Å². The first-order valence-electron chi connectivity index (χ1n) is 7.64. The molecule has 0 bridgehead atoms. The Hall–Kier alpha value is -1.36. The summed E-state index contributed by atoms with van der Waals surface area (Å²) >= 11 is 5.30. The SMILES string of the molecule is CC1CCCN(c2ccc(NC(=S)NC(C)(C)C)cn2)C1. The van der Waals surface area contributed by atoms with Crippen molar-refractivity contribution in [3.05, 3.63) is 18.3 Å². The molecule has 0 saturated carbocycles. The Morgan fingerprint density at radius 1 is 1.38 bits per heavy atom. The number of nitrogens with zero attached hydrogens (tertiary/aromatic N) is 2. The Balaban J connectivity index is 1.94. The zero-order valence-corrected chi connectivity index (χ0v) is 14.3. The highest BCUT2D eigenvalue weighted by Crippen LogP contribution is 2.22. The third kappa shape index (κ3) is 5.16. The monoisotopic (exact) mass is 306 g/mol. The maximum Gasteiger partial charge on any atom is 0.171 e. The van der Waals surface area contributed by atoms with E-state index in [0.29, 0.717) is 5.11 Å². The molecule has 1 aromatic rings. The van der Waals surface area contributed by atoms with Gasteiger partial charge >= 0.3 is 0 Å². The molecule has 1 fully saturated rings. The molecule has 1 atom stereocenters. The lowest BCUT2D eigenvalue weighted by atomic mass is 10.0. The minimum absolute atomic E-state index is 0.0403. The van der Waals surface area contributed by atoms with Crippen LogP contribution in [0.3, 0.4) is 0 Å². The second-order valence-corrected chi connectivity index (χ2v) is 7.34. The molecule has 1 unspecified atom stereocenters. The van der Waals surface area contributed by atoms with Crippen molar-refractivity contribution in [1.29, 1.82) is 0 Å². The van der Waals surface area contributed by atoms with Crippen LogP contribution in [0.15, 0.2) is 18.3 Å². The Morgan fingerprint density at radius 3 is 2.71 bits per heavy atom. The standard InChI is InChI=1S/C16H26N4S/c1-12-6-5-9-20(11-12)14-8-7-13(10-17-14)18-15(21)19-16(2,3)4/h7-8,10,12H,5-6,9,11H2,1-4H3,(H2,18,19,21). The number of rotatable bonds is 2. The highest BCUT2D eigenvalue weighted by Gasteiger charge is 2.17. The largest absolute Gasteiger partial charge is 0.358 e. The number of nitrogens with one attached hydrogen (secondary N) is 2. The fourth-order valence-electron chi connectivity index (χ4n) is 2.55. The third-order valence-electron chi connectivity index (χ3n) is 3.48. The fraction of sp³-hybridized carbons (Fsp3) is 0.625. The van der Waals surface area contributed by atoms with Gasteiger partial charge < -0.3 is 15.5 Å². The second-order valence-electron chi connectivity index (χ2n) is 6.93. The van der Waals surface area contributed by atoms with Gasteiger partial charge in [0.1, 0.15) is 5.82 Å². The third-order valence-corrected chi connectivity index (χ3v) is 3.68. The number of hydrogen-bond donors (Lipinski definition) is 2. The van der Waals surface area contributed by atoms with E-state index in [9.17, 15) is 0 Å². The van der Waals surface area contributed by atoms with Gasteiger partial charge in [-0.15, -0.1) is 0 Å². The molecular formula is C16H26N4S. The van der Waals surface area contributed by atoms with E-state index < -0.39 is 0 Å². The van der Waals surface area contributed by atoms with E-state index in [0.717, 1.165) is 30.5 Å². The van der Waals surface area contributed by atoms with E-state index in [4.69, 9.17) is 12.2 Å². The van der Waals surface area contributed by atoms with Gasteiger partial charge in [0, 0.05) is 18.6 Å². The van der Waals surface area contributed by atoms with Crippen LogP contribution >= 0.6 is 12.2 Å². The van der Waals surface area contributed by atoms with Gasteiger partial charge in [0.05, 0.1) is 11.9 Å². The number of pyridine rings is 1. The van der Waals surface area contributed by atoms with Crippen LogP contribution in [0.2, 0.25) is 0 Å². The Morgan fingerprint density at radius 2 is 2.14 bits per heavy atom. The highest BCUT2D eigenvalue weighted by atomic mass is 32.1. The number of anilines is 2. The summed E-state index contributed by atoms with van der Waals surface area (Å²) in [6.45, 7) is 10.8. The minimum atomic E-state index is -0.0403. The van der Waals surface area contributed by atoms with Crippen LogP contribution in [0.4, 0.5) is 11.5 Å². The summed E-state index contributed by atoms with van der Waals surface area (Å²) in [6, 6.07) is 4.11. The maximum atomic E-state index is 5.30. The van der Waals surface area contributed by atoms with Crippen LogP contribution in [0, 0.1) is 5.92 Å². The van der Waals surface area contributed by atoms with Crippen LogP contribution < -0.4 is 15.5 Å². The smallest absolute Gasteiger partial charge is 0.171 e. The summed E-state index contributed by atoms with van der Waals surface area (Å²) in [7, 11) is 0. The zero-order valence-electron chi connectivity index (χ0n) is 13.4. The first-order chi connectivity index (χ1) is 9.83. The van der Waals surface area contributed by atoms with E-state index in [2.05, 4.69) is 54.3 Å². The van der Waals surface area contributed by atoms with E-state index in [-0.39, 0.29) is 5.54 Å². The molecule has 0 aromatic carbocycles. The molecular weight excluding hydrogens is 280 g/mol. The van der Waals surface area contributed by atoms with E-state index in [1.807, 2.05) is 12.3 Å². The lowest BCUT2D eigenvalue weighted by molar-refractivity contribution is 0.444. The quantitative estimate of drug-likeness (QED) is 0.820. The summed E-state index contributed by atoms with van der Waals surface area (Å²) in [5.74, 6) is 1.81. The Bertz CT molecular complexity index is 478.